The summed E-state index contributed by atoms with van der Waals surface area (Å²) in [6, 6.07) is 12.0. The van der Waals surface area contributed by atoms with Crippen molar-refractivity contribution in [3.63, 3.8) is 0 Å². The van der Waals surface area contributed by atoms with Gasteiger partial charge in [-0.25, -0.2) is 4.98 Å². The van der Waals surface area contributed by atoms with Crippen LogP contribution in [0.3, 0.4) is 0 Å². The average Bonchev–Trinajstić information content (AvgIpc) is 3.38. The van der Waals surface area contributed by atoms with Crippen LogP contribution < -0.4 is 4.90 Å². The second-order valence-electron chi connectivity index (χ2n) is 8.91. The highest BCUT2D eigenvalue weighted by molar-refractivity contribution is 6.04. The number of pyridine rings is 2. The van der Waals surface area contributed by atoms with E-state index < -0.39 is 0 Å². The Labute approximate surface area is 198 Å². The van der Waals surface area contributed by atoms with Crippen LogP contribution in [0.5, 0.6) is 0 Å². The molecule has 0 saturated carbocycles. The van der Waals surface area contributed by atoms with Crippen LogP contribution >= 0.6 is 0 Å². The van der Waals surface area contributed by atoms with Crippen LogP contribution in [0.25, 0.3) is 33.4 Å². The number of amides is 1. The van der Waals surface area contributed by atoms with Gasteiger partial charge in [-0.1, -0.05) is 12.1 Å². The Hall–Kier alpha value is -3.78. The van der Waals surface area contributed by atoms with Crippen molar-refractivity contribution in [3.05, 3.63) is 59.9 Å². The van der Waals surface area contributed by atoms with Crippen LogP contribution in [0.2, 0.25) is 0 Å². The van der Waals surface area contributed by atoms with Crippen molar-refractivity contribution < 1.29 is 9.53 Å². The first-order valence-corrected chi connectivity index (χ1v) is 11.4. The van der Waals surface area contributed by atoms with Gasteiger partial charge in [-0.2, -0.15) is 5.10 Å². The summed E-state index contributed by atoms with van der Waals surface area (Å²) in [7, 11) is 3.53. The van der Waals surface area contributed by atoms with E-state index >= 15 is 0 Å². The fraction of sp³-hybridized carbons (Fsp3) is 0.308. The number of aromatic amines is 1. The molecule has 4 heterocycles. The predicted molar refractivity (Wildman–Crippen MR) is 133 cm³/mol. The van der Waals surface area contributed by atoms with Gasteiger partial charge in [0.25, 0.3) is 5.91 Å². The normalized spacial score (nSPS) is 16.1. The average molecular weight is 457 g/mol. The number of nitrogens with one attached hydrogen (secondary N) is 1. The second-order valence-corrected chi connectivity index (χ2v) is 8.91. The van der Waals surface area contributed by atoms with Crippen molar-refractivity contribution in [2.45, 2.75) is 19.9 Å². The monoisotopic (exact) mass is 456 g/mol. The largest absolute Gasteiger partial charge is 0.377 e. The number of carbonyl (C=O) groups excluding carboxylic acids is 1. The number of anilines is 1. The van der Waals surface area contributed by atoms with Gasteiger partial charge in [0.2, 0.25) is 0 Å². The van der Waals surface area contributed by atoms with E-state index in [1.165, 1.54) is 0 Å². The zero-order valence-electron chi connectivity index (χ0n) is 19.9. The number of rotatable bonds is 4. The standard InChI is InChI=1S/C26H28N6O2/c1-16-14-27-24(21-8-9-28-30-21)25-23(16)20(13-22(29-25)32-10-11-34-15-17(32)2)18-6-5-7-19(12-18)26(33)31(3)4/h5-9,12-14,17H,10-11,15H2,1-4H3,(H,28,30). The van der Waals surface area contributed by atoms with Gasteiger partial charge in [-0.3, -0.25) is 14.9 Å². The molecule has 0 radical (unpaired) electrons. The van der Waals surface area contributed by atoms with Crippen molar-refractivity contribution >= 4 is 22.6 Å². The molecule has 3 aromatic heterocycles. The van der Waals surface area contributed by atoms with Gasteiger partial charge in [0.05, 0.1) is 24.9 Å². The molecule has 1 aromatic carbocycles. The third-order valence-corrected chi connectivity index (χ3v) is 6.26. The summed E-state index contributed by atoms with van der Waals surface area (Å²) in [4.78, 5) is 26.4. The van der Waals surface area contributed by atoms with Gasteiger partial charge in [0.1, 0.15) is 17.0 Å². The first kappa shape index (κ1) is 22.0. The first-order chi connectivity index (χ1) is 16.4. The third kappa shape index (κ3) is 3.90. The van der Waals surface area contributed by atoms with E-state index in [2.05, 4.69) is 28.1 Å². The molecule has 1 fully saturated rings. The number of H-pyrrole nitrogens is 1. The maximum Gasteiger partial charge on any atom is 0.253 e. The van der Waals surface area contributed by atoms with E-state index in [9.17, 15) is 4.79 Å². The molecule has 8 nitrogen and oxygen atoms in total. The third-order valence-electron chi connectivity index (χ3n) is 6.26. The fourth-order valence-corrected chi connectivity index (χ4v) is 4.49. The molecular weight excluding hydrogens is 428 g/mol. The number of aryl methyl sites for hydroxylation is 1. The van der Waals surface area contributed by atoms with Gasteiger partial charge in [-0.15, -0.1) is 0 Å². The van der Waals surface area contributed by atoms with E-state index in [-0.39, 0.29) is 11.9 Å². The summed E-state index contributed by atoms with van der Waals surface area (Å²) < 4.78 is 5.66. The summed E-state index contributed by atoms with van der Waals surface area (Å²) in [5.74, 6) is 0.842. The molecule has 0 spiro atoms. The van der Waals surface area contributed by atoms with Gasteiger partial charge in [-0.05, 0) is 54.8 Å². The fourth-order valence-electron chi connectivity index (χ4n) is 4.49. The van der Waals surface area contributed by atoms with Gasteiger partial charge in [0, 0.05) is 44.0 Å². The van der Waals surface area contributed by atoms with Crippen LogP contribution in [0, 0.1) is 6.92 Å². The Bertz CT molecular complexity index is 1350. The lowest BCUT2D eigenvalue weighted by molar-refractivity contribution is 0.0827. The molecule has 1 atom stereocenters. The molecule has 4 aromatic rings. The summed E-state index contributed by atoms with van der Waals surface area (Å²) in [5, 5.41) is 8.16. The first-order valence-electron chi connectivity index (χ1n) is 11.4. The summed E-state index contributed by atoms with van der Waals surface area (Å²) >= 11 is 0. The van der Waals surface area contributed by atoms with Crippen LogP contribution in [0.15, 0.2) is 48.8 Å². The molecule has 0 bridgehead atoms. The molecule has 5 rings (SSSR count). The number of aromatic nitrogens is 4. The van der Waals surface area contributed by atoms with Crippen molar-refractivity contribution in [2.24, 2.45) is 0 Å². The zero-order chi connectivity index (χ0) is 23.8. The van der Waals surface area contributed by atoms with Crippen molar-refractivity contribution in [2.75, 3.05) is 38.8 Å². The molecule has 1 saturated heterocycles. The second kappa shape index (κ2) is 8.87. The molecule has 8 heteroatoms. The Balaban J connectivity index is 1.79. The molecule has 1 aliphatic rings. The number of hydrogen-bond acceptors (Lipinski definition) is 6. The molecule has 1 amide bonds. The van der Waals surface area contributed by atoms with Crippen LogP contribution in [-0.4, -0.2) is 70.9 Å². The number of morpholine rings is 1. The SMILES string of the molecule is Cc1cnc(-c2ccn[nH]2)c2nc(N3CCOCC3C)cc(-c3cccc(C(=O)N(C)C)c3)c12. The minimum atomic E-state index is -0.0289. The molecule has 1 aliphatic heterocycles. The van der Waals surface area contributed by atoms with E-state index in [0.717, 1.165) is 51.3 Å². The summed E-state index contributed by atoms with van der Waals surface area (Å²) in [6.07, 6.45) is 3.59. The number of ether oxygens (including phenoxy) is 1. The minimum Gasteiger partial charge on any atom is -0.377 e. The lowest BCUT2D eigenvalue weighted by atomic mass is 9.96. The van der Waals surface area contributed by atoms with E-state index in [4.69, 9.17) is 14.7 Å². The highest BCUT2D eigenvalue weighted by atomic mass is 16.5. The number of fused-ring (bicyclic) bond motifs is 1. The minimum absolute atomic E-state index is 0.0289. The predicted octanol–water partition coefficient (Wildman–Crippen LogP) is 3.92. The van der Waals surface area contributed by atoms with Crippen LogP contribution in [-0.2, 0) is 4.74 Å². The lowest BCUT2D eigenvalue weighted by Gasteiger charge is -2.34. The zero-order valence-corrected chi connectivity index (χ0v) is 19.9. The number of carbonyl (C=O) groups is 1. The van der Waals surface area contributed by atoms with Gasteiger partial charge in [0.15, 0.2) is 0 Å². The van der Waals surface area contributed by atoms with E-state index in [1.54, 1.807) is 25.2 Å². The number of nitrogens with zero attached hydrogens (tertiary/aromatic N) is 5. The molecular formula is C26H28N6O2. The molecule has 0 aliphatic carbocycles. The molecule has 174 valence electrons. The Morgan fingerprint density at radius 2 is 2.09 bits per heavy atom. The number of hydrogen-bond donors (Lipinski definition) is 1. The van der Waals surface area contributed by atoms with Crippen LogP contribution in [0.4, 0.5) is 5.82 Å². The van der Waals surface area contributed by atoms with Crippen molar-refractivity contribution in [1.82, 2.24) is 25.1 Å². The Morgan fingerprint density at radius 3 is 2.82 bits per heavy atom. The lowest BCUT2D eigenvalue weighted by Crippen LogP contribution is -2.44. The topological polar surface area (TPSA) is 87.2 Å². The maximum absolute atomic E-state index is 12.7. The quantitative estimate of drug-likeness (QED) is 0.501. The van der Waals surface area contributed by atoms with Crippen molar-refractivity contribution in [1.29, 1.82) is 0 Å². The Kier molecular flexibility index (Phi) is 5.75. The number of benzene rings is 1. The summed E-state index contributed by atoms with van der Waals surface area (Å²) in [6.45, 7) is 6.26. The maximum atomic E-state index is 12.7. The summed E-state index contributed by atoms with van der Waals surface area (Å²) in [5.41, 5.74) is 6.02. The Morgan fingerprint density at radius 1 is 1.24 bits per heavy atom. The van der Waals surface area contributed by atoms with Crippen LogP contribution in [0.1, 0.15) is 22.8 Å². The van der Waals surface area contributed by atoms with Gasteiger partial charge < -0.3 is 14.5 Å². The molecule has 1 N–H and O–H groups in total. The molecule has 34 heavy (non-hydrogen) atoms. The highest BCUT2D eigenvalue weighted by Gasteiger charge is 2.24. The highest BCUT2D eigenvalue weighted by Crippen LogP contribution is 2.37. The molecule has 1 unspecified atom stereocenters. The van der Waals surface area contributed by atoms with Crippen molar-refractivity contribution in [3.8, 4) is 22.5 Å². The smallest absolute Gasteiger partial charge is 0.253 e. The van der Waals surface area contributed by atoms with E-state index in [0.29, 0.717) is 18.8 Å². The van der Waals surface area contributed by atoms with Gasteiger partial charge >= 0.3 is 0 Å². The van der Waals surface area contributed by atoms with E-state index in [1.807, 2.05) is 43.5 Å².